The molecule has 2 aromatic rings. The topological polar surface area (TPSA) is 69.7 Å². The van der Waals surface area contributed by atoms with Crippen molar-refractivity contribution in [2.75, 3.05) is 0 Å². The molecule has 0 bridgehead atoms. The third-order valence-corrected chi connectivity index (χ3v) is 2.37. The summed E-state index contributed by atoms with van der Waals surface area (Å²) in [6, 6.07) is 14.4. The Labute approximate surface area is 105 Å². The molecule has 0 fully saturated rings. The molecule has 0 atom stereocenters. The second-order valence-electron chi connectivity index (χ2n) is 3.55. The van der Waals surface area contributed by atoms with Gasteiger partial charge in [0.25, 0.3) is 0 Å². The van der Waals surface area contributed by atoms with Crippen LogP contribution in [0.2, 0.25) is 0 Å². The molecular weight excluding hydrogens is 226 g/mol. The first-order valence-corrected chi connectivity index (χ1v) is 5.30. The largest absolute Gasteiger partial charge is 0.489 e. The van der Waals surface area contributed by atoms with E-state index in [-0.39, 0.29) is 6.61 Å². The maximum atomic E-state index is 8.88. The minimum atomic E-state index is 0.280. The SMILES string of the molecule is N#Cc1ccc(OCc2cccnc2C#N)cc1. The first-order chi connectivity index (χ1) is 8.83. The van der Waals surface area contributed by atoms with Gasteiger partial charge in [-0.1, -0.05) is 6.07 Å². The molecule has 2 rings (SSSR count). The van der Waals surface area contributed by atoms with Crippen LogP contribution in [0.25, 0.3) is 0 Å². The fourth-order valence-electron chi connectivity index (χ4n) is 1.44. The van der Waals surface area contributed by atoms with Crippen LogP contribution in [-0.4, -0.2) is 4.98 Å². The van der Waals surface area contributed by atoms with Gasteiger partial charge in [0.1, 0.15) is 24.1 Å². The highest BCUT2D eigenvalue weighted by Crippen LogP contribution is 2.14. The fourth-order valence-corrected chi connectivity index (χ4v) is 1.44. The second kappa shape index (κ2) is 5.47. The Balaban J connectivity index is 2.07. The van der Waals surface area contributed by atoms with E-state index in [1.807, 2.05) is 12.1 Å². The average molecular weight is 235 g/mol. The van der Waals surface area contributed by atoms with Gasteiger partial charge in [-0.05, 0) is 30.3 Å². The van der Waals surface area contributed by atoms with Gasteiger partial charge >= 0.3 is 0 Å². The van der Waals surface area contributed by atoms with Gasteiger partial charge in [0.15, 0.2) is 0 Å². The molecule has 0 aliphatic heterocycles. The predicted molar refractivity (Wildman–Crippen MR) is 64.4 cm³/mol. The van der Waals surface area contributed by atoms with E-state index in [4.69, 9.17) is 15.3 Å². The summed E-state index contributed by atoms with van der Waals surface area (Å²) in [5.41, 5.74) is 1.69. The third-order valence-electron chi connectivity index (χ3n) is 2.37. The zero-order chi connectivity index (χ0) is 12.8. The van der Waals surface area contributed by atoms with Crippen LogP contribution in [0.15, 0.2) is 42.6 Å². The van der Waals surface area contributed by atoms with E-state index < -0.39 is 0 Å². The van der Waals surface area contributed by atoms with E-state index >= 15 is 0 Å². The first kappa shape index (κ1) is 11.6. The van der Waals surface area contributed by atoms with E-state index in [0.717, 1.165) is 5.56 Å². The van der Waals surface area contributed by atoms with E-state index in [2.05, 4.69) is 4.98 Å². The number of ether oxygens (including phenoxy) is 1. The van der Waals surface area contributed by atoms with E-state index in [9.17, 15) is 0 Å². The zero-order valence-electron chi connectivity index (χ0n) is 9.50. The minimum absolute atomic E-state index is 0.280. The second-order valence-corrected chi connectivity index (χ2v) is 3.55. The van der Waals surface area contributed by atoms with Crippen molar-refractivity contribution < 1.29 is 4.74 Å². The molecule has 0 amide bonds. The number of hydrogen-bond acceptors (Lipinski definition) is 4. The number of pyridine rings is 1. The van der Waals surface area contributed by atoms with Crippen molar-refractivity contribution in [2.24, 2.45) is 0 Å². The van der Waals surface area contributed by atoms with Gasteiger partial charge in [0, 0.05) is 11.8 Å². The molecule has 1 aromatic heterocycles. The minimum Gasteiger partial charge on any atom is -0.489 e. The van der Waals surface area contributed by atoms with Gasteiger partial charge in [-0.15, -0.1) is 0 Å². The maximum Gasteiger partial charge on any atom is 0.147 e. The molecule has 86 valence electrons. The summed E-state index contributed by atoms with van der Waals surface area (Å²) in [7, 11) is 0. The normalized spacial score (nSPS) is 9.22. The average Bonchev–Trinajstić information content (AvgIpc) is 2.46. The molecule has 4 nitrogen and oxygen atoms in total. The molecule has 0 aliphatic rings. The monoisotopic (exact) mass is 235 g/mol. The van der Waals surface area contributed by atoms with E-state index in [0.29, 0.717) is 17.0 Å². The summed E-state index contributed by atoms with van der Waals surface area (Å²) in [5.74, 6) is 0.654. The number of benzene rings is 1. The van der Waals surface area contributed by atoms with Crippen molar-refractivity contribution in [3.05, 3.63) is 59.4 Å². The van der Waals surface area contributed by atoms with Crippen molar-refractivity contribution in [2.45, 2.75) is 6.61 Å². The van der Waals surface area contributed by atoms with Gasteiger partial charge in [0.2, 0.25) is 0 Å². The summed E-state index contributed by atoms with van der Waals surface area (Å²) in [6.07, 6.45) is 1.57. The summed E-state index contributed by atoms with van der Waals surface area (Å²) in [6.45, 7) is 0.280. The van der Waals surface area contributed by atoms with Crippen LogP contribution in [0.4, 0.5) is 0 Å². The highest BCUT2D eigenvalue weighted by molar-refractivity contribution is 5.35. The Morgan fingerprint density at radius 1 is 1.06 bits per heavy atom. The summed E-state index contributed by atoms with van der Waals surface area (Å²) < 4.78 is 5.53. The Morgan fingerprint density at radius 2 is 1.83 bits per heavy atom. The lowest BCUT2D eigenvalue weighted by atomic mass is 10.2. The van der Waals surface area contributed by atoms with E-state index in [1.54, 1.807) is 42.6 Å². The standard InChI is InChI=1S/C14H9N3O/c15-8-11-3-5-13(6-4-11)18-10-12-2-1-7-17-14(12)9-16/h1-7H,10H2. The number of nitrogens with zero attached hydrogens (tertiary/aromatic N) is 3. The summed E-state index contributed by atoms with van der Waals surface area (Å²) >= 11 is 0. The number of aromatic nitrogens is 1. The molecule has 0 spiro atoms. The van der Waals surface area contributed by atoms with Crippen molar-refractivity contribution >= 4 is 0 Å². The van der Waals surface area contributed by atoms with Crippen molar-refractivity contribution in [3.8, 4) is 17.9 Å². The predicted octanol–water partition coefficient (Wildman–Crippen LogP) is 2.40. The molecule has 0 unspecified atom stereocenters. The quantitative estimate of drug-likeness (QED) is 0.819. The number of hydrogen-bond donors (Lipinski definition) is 0. The van der Waals surface area contributed by atoms with Crippen molar-refractivity contribution in [3.63, 3.8) is 0 Å². The van der Waals surface area contributed by atoms with Crippen LogP contribution in [0.5, 0.6) is 5.75 Å². The third kappa shape index (κ3) is 2.63. The van der Waals surface area contributed by atoms with Gasteiger partial charge in [-0.3, -0.25) is 0 Å². The smallest absolute Gasteiger partial charge is 0.147 e. The number of nitriles is 2. The molecule has 18 heavy (non-hydrogen) atoms. The van der Waals surface area contributed by atoms with Crippen LogP contribution in [-0.2, 0) is 6.61 Å². The van der Waals surface area contributed by atoms with Crippen LogP contribution in [0, 0.1) is 22.7 Å². The molecule has 0 aliphatic carbocycles. The maximum absolute atomic E-state index is 8.88. The molecule has 0 N–H and O–H groups in total. The van der Waals surface area contributed by atoms with Crippen molar-refractivity contribution in [1.82, 2.24) is 4.98 Å². The number of rotatable bonds is 3. The Bertz CT molecular complexity index is 621. The molecule has 1 aromatic carbocycles. The molecular formula is C14H9N3O. The zero-order valence-corrected chi connectivity index (χ0v) is 9.50. The van der Waals surface area contributed by atoms with Crippen LogP contribution >= 0.6 is 0 Å². The van der Waals surface area contributed by atoms with Gasteiger partial charge in [0.05, 0.1) is 11.6 Å². The lowest BCUT2D eigenvalue weighted by Crippen LogP contribution is -1.99. The van der Waals surface area contributed by atoms with Crippen LogP contribution in [0.1, 0.15) is 16.8 Å². The van der Waals surface area contributed by atoms with Crippen molar-refractivity contribution in [1.29, 1.82) is 10.5 Å². The lowest BCUT2D eigenvalue weighted by molar-refractivity contribution is 0.305. The molecule has 0 radical (unpaired) electrons. The van der Waals surface area contributed by atoms with Crippen LogP contribution in [0.3, 0.4) is 0 Å². The van der Waals surface area contributed by atoms with E-state index in [1.165, 1.54) is 0 Å². The molecule has 4 heteroatoms. The highest BCUT2D eigenvalue weighted by atomic mass is 16.5. The van der Waals surface area contributed by atoms with Gasteiger partial charge in [-0.2, -0.15) is 10.5 Å². The molecule has 1 heterocycles. The Morgan fingerprint density at radius 3 is 2.50 bits per heavy atom. The highest BCUT2D eigenvalue weighted by Gasteiger charge is 2.03. The van der Waals surface area contributed by atoms with Gasteiger partial charge in [-0.25, -0.2) is 4.98 Å². The summed E-state index contributed by atoms with van der Waals surface area (Å²) in [4.78, 5) is 3.95. The first-order valence-electron chi connectivity index (χ1n) is 5.30. The van der Waals surface area contributed by atoms with Gasteiger partial charge < -0.3 is 4.74 Å². The summed E-state index contributed by atoms with van der Waals surface area (Å²) in [5, 5.41) is 17.5. The Kier molecular flexibility index (Phi) is 3.53. The Hall–Kier alpha value is -2.85. The van der Waals surface area contributed by atoms with Crippen LogP contribution < -0.4 is 4.74 Å². The molecule has 0 saturated carbocycles. The lowest BCUT2D eigenvalue weighted by Gasteiger charge is -2.06. The molecule has 0 saturated heterocycles. The fraction of sp³-hybridized carbons (Fsp3) is 0.0714.